The maximum Gasteiger partial charge on any atom is 0.191 e. The number of morpholine rings is 1. The van der Waals surface area contributed by atoms with Crippen molar-refractivity contribution in [3.8, 4) is 0 Å². The summed E-state index contributed by atoms with van der Waals surface area (Å²) in [5.41, 5.74) is 0.383. The van der Waals surface area contributed by atoms with Gasteiger partial charge in [-0.25, -0.2) is 0 Å². The van der Waals surface area contributed by atoms with Crippen molar-refractivity contribution in [3.05, 3.63) is 0 Å². The van der Waals surface area contributed by atoms with Crippen LogP contribution < -0.4 is 10.6 Å². The quantitative estimate of drug-likeness (QED) is 0.577. The van der Waals surface area contributed by atoms with E-state index in [1.165, 1.54) is 25.8 Å². The molecule has 2 heterocycles. The second kappa shape index (κ2) is 9.04. The molecule has 5 nitrogen and oxygen atoms in total. The molecule has 140 valence electrons. The lowest BCUT2D eigenvalue weighted by molar-refractivity contribution is -0.0432. The van der Waals surface area contributed by atoms with Gasteiger partial charge in [-0.05, 0) is 51.5 Å². The molecule has 3 unspecified atom stereocenters. The van der Waals surface area contributed by atoms with Crippen LogP contribution in [0, 0.1) is 5.41 Å². The van der Waals surface area contributed by atoms with E-state index in [1.807, 2.05) is 0 Å². The molecule has 0 aromatic heterocycles. The predicted octanol–water partition coefficient (Wildman–Crippen LogP) is 2.62. The molecule has 0 aliphatic carbocycles. The third-order valence-corrected chi connectivity index (χ3v) is 4.97. The van der Waals surface area contributed by atoms with Crippen LogP contribution in [-0.4, -0.2) is 61.8 Å². The maximum absolute atomic E-state index is 6.01. The van der Waals surface area contributed by atoms with Crippen molar-refractivity contribution in [2.75, 3.05) is 32.8 Å². The molecule has 0 bridgehead atoms. The Hall–Kier alpha value is -0.810. The van der Waals surface area contributed by atoms with Gasteiger partial charge in [-0.15, -0.1) is 0 Å². The van der Waals surface area contributed by atoms with Crippen molar-refractivity contribution >= 4 is 5.96 Å². The van der Waals surface area contributed by atoms with Crippen LogP contribution in [0.2, 0.25) is 0 Å². The zero-order chi connectivity index (χ0) is 17.6. The van der Waals surface area contributed by atoms with Gasteiger partial charge in [0.25, 0.3) is 0 Å². The Morgan fingerprint density at radius 1 is 1.38 bits per heavy atom. The molecule has 2 aliphatic rings. The molecule has 2 N–H and O–H groups in total. The molecule has 3 atom stereocenters. The molecule has 2 fully saturated rings. The fourth-order valence-corrected chi connectivity index (χ4v) is 3.46. The van der Waals surface area contributed by atoms with Crippen LogP contribution in [0.5, 0.6) is 0 Å². The van der Waals surface area contributed by atoms with E-state index in [9.17, 15) is 0 Å². The first-order valence-corrected chi connectivity index (χ1v) is 9.78. The molecule has 2 rings (SSSR count). The molecule has 0 radical (unpaired) electrons. The first-order valence-electron chi connectivity index (χ1n) is 9.78. The summed E-state index contributed by atoms with van der Waals surface area (Å²) in [5, 5.41) is 6.91. The van der Waals surface area contributed by atoms with Crippen LogP contribution in [0.25, 0.3) is 0 Å². The Kier molecular flexibility index (Phi) is 7.35. The number of nitrogens with one attached hydrogen (secondary N) is 2. The first kappa shape index (κ1) is 19.5. The number of aliphatic imine (C=N–C) groups is 1. The summed E-state index contributed by atoms with van der Waals surface area (Å²) in [6.07, 6.45) is 5.22. The Bertz CT molecular complexity index is 405. The number of rotatable bonds is 6. The minimum absolute atomic E-state index is 0.236. The largest absolute Gasteiger partial charge is 0.373 e. The highest BCUT2D eigenvalue weighted by atomic mass is 16.5. The second-order valence-corrected chi connectivity index (χ2v) is 8.61. The molecule has 0 saturated carbocycles. The summed E-state index contributed by atoms with van der Waals surface area (Å²) in [5.74, 6) is 0.922. The smallest absolute Gasteiger partial charge is 0.191 e. The summed E-state index contributed by atoms with van der Waals surface area (Å²) in [7, 11) is 0. The van der Waals surface area contributed by atoms with Crippen molar-refractivity contribution in [3.63, 3.8) is 0 Å². The second-order valence-electron chi connectivity index (χ2n) is 8.61. The number of nitrogens with zero attached hydrogens (tertiary/aromatic N) is 2. The molecule has 0 amide bonds. The monoisotopic (exact) mass is 338 g/mol. The number of guanidine groups is 1. The average Bonchev–Trinajstić information content (AvgIpc) is 2.98. The Morgan fingerprint density at radius 3 is 2.88 bits per heavy atom. The van der Waals surface area contributed by atoms with E-state index in [0.29, 0.717) is 17.5 Å². The van der Waals surface area contributed by atoms with Crippen molar-refractivity contribution in [1.82, 2.24) is 15.5 Å². The van der Waals surface area contributed by atoms with Crippen molar-refractivity contribution in [2.45, 2.75) is 78.5 Å². The van der Waals surface area contributed by atoms with Crippen LogP contribution >= 0.6 is 0 Å². The molecule has 5 heteroatoms. The molecule has 0 spiro atoms. The summed E-state index contributed by atoms with van der Waals surface area (Å²) >= 11 is 0. The number of hydrogen-bond acceptors (Lipinski definition) is 3. The van der Waals surface area contributed by atoms with Gasteiger partial charge in [-0.3, -0.25) is 9.89 Å². The Balaban J connectivity index is 1.79. The van der Waals surface area contributed by atoms with Crippen molar-refractivity contribution < 1.29 is 4.74 Å². The lowest BCUT2D eigenvalue weighted by atomic mass is 9.89. The normalized spacial score (nSPS) is 27.0. The van der Waals surface area contributed by atoms with E-state index in [2.05, 4.69) is 50.2 Å². The van der Waals surface area contributed by atoms with Crippen LogP contribution in [0.3, 0.4) is 0 Å². The van der Waals surface area contributed by atoms with Gasteiger partial charge in [0.2, 0.25) is 0 Å². The van der Waals surface area contributed by atoms with E-state index in [1.54, 1.807) is 0 Å². The van der Waals surface area contributed by atoms with Gasteiger partial charge in [0.15, 0.2) is 5.96 Å². The average molecular weight is 339 g/mol. The molecule has 2 aliphatic heterocycles. The molecular formula is C19H38N4O. The molecule has 0 aromatic rings. The maximum atomic E-state index is 6.01. The highest BCUT2D eigenvalue weighted by Crippen LogP contribution is 2.23. The fourth-order valence-electron chi connectivity index (χ4n) is 3.46. The summed E-state index contributed by atoms with van der Waals surface area (Å²) < 4.78 is 6.01. The number of fused-ring (bicyclic) bond motifs is 1. The topological polar surface area (TPSA) is 48.9 Å². The first-order chi connectivity index (χ1) is 11.4. The minimum atomic E-state index is 0.236. The van der Waals surface area contributed by atoms with Gasteiger partial charge in [0.1, 0.15) is 0 Å². The summed E-state index contributed by atoms with van der Waals surface area (Å²) in [4.78, 5) is 7.36. The lowest BCUT2D eigenvalue weighted by Crippen LogP contribution is -2.48. The van der Waals surface area contributed by atoms with E-state index in [4.69, 9.17) is 9.73 Å². The van der Waals surface area contributed by atoms with Gasteiger partial charge in [-0.1, -0.05) is 20.8 Å². The number of ether oxygens (including phenoxy) is 1. The Morgan fingerprint density at radius 2 is 2.17 bits per heavy atom. The van der Waals surface area contributed by atoms with Crippen molar-refractivity contribution in [1.29, 1.82) is 0 Å². The fraction of sp³-hybridized carbons (Fsp3) is 0.947. The van der Waals surface area contributed by atoms with E-state index in [-0.39, 0.29) is 6.10 Å². The molecule has 24 heavy (non-hydrogen) atoms. The third kappa shape index (κ3) is 6.60. The summed E-state index contributed by atoms with van der Waals surface area (Å²) in [6, 6.07) is 1.09. The Labute approximate surface area is 148 Å². The zero-order valence-corrected chi connectivity index (χ0v) is 16.4. The molecule has 0 aromatic carbocycles. The molecular weight excluding hydrogens is 300 g/mol. The van der Waals surface area contributed by atoms with E-state index >= 15 is 0 Å². The van der Waals surface area contributed by atoms with Gasteiger partial charge in [0.05, 0.1) is 19.3 Å². The highest BCUT2D eigenvalue weighted by Gasteiger charge is 2.32. The lowest BCUT2D eigenvalue weighted by Gasteiger charge is -2.34. The van der Waals surface area contributed by atoms with Gasteiger partial charge in [-0.2, -0.15) is 0 Å². The SMILES string of the molecule is CCNC(=NCC1CN2CCCC2CO1)NC(C)CCC(C)(C)C. The van der Waals surface area contributed by atoms with E-state index in [0.717, 1.165) is 38.6 Å². The minimum Gasteiger partial charge on any atom is -0.373 e. The van der Waals surface area contributed by atoms with Gasteiger partial charge >= 0.3 is 0 Å². The van der Waals surface area contributed by atoms with Crippen LogP contribution in [0.4, 0.5) is 0 Å². The predicted molar refractivity (Wildman–Crippen MR) is 102 cm³/mol. The summed E-state index contributed by atoms with van der Waals surface area (Å²) in [6.45, 7) is 16.0. The standard InChI is InChI=1S/C19H38N4O/c1-6-20-18(22-15(2)9-10-19(3,4)5)21-12-17-13-23-11-7-8-16(23)14-24-17/h15-17H,6-14H2,1-5H3,(H2,20,21,22). The highest BCUT2D eigenvalue weighted by molar-refractivity contribution is 5.80. The van der Waals surface area contributed by atoms with Gasteiger partial charge < -0.3 is 15.4 Å². The van der Waals surface area contributed by atoms with Crippen LogP contribution in [0.1, 0.15) is 60.3 Å². The van der Waals surface area contributed by atoms with Crippen molar-refractivity contribution in [2.24, 2.45) is 10.4 Å². The van der Waals surface area contributed by atoms with Crippen LogP contribution in [-0.2, 0) is 4.74 Å². The molecule has 2 saturated heterocycles. The third-order valence-electron chi connectivity index (χ3n) is 4.97. The zero-order valence-electron chi connectivity index (χ0n) is 16.4. The van der Waals surface area contributed by atoms with Gasteiger partial charge in [0, 0.05) is 25.2 Å². The number of hydrogen-bond donors (Lipinski definition) is 2. The van der Waals surface area contributed by atoms with Crippen LogP contribution in [0.15, 0.2) is 4.99 Å². The van der Waals surface area contributed by atoms with E-state index < -0.39 is 0 Å².